The topological polar surface area (TPSA) is 23.8 Å². The molecule has 0 saturated heterocycles. The zero-order valence-corrected chi connectivity index (χ0v) is 9.71. The van der Waals surface area contributed by atoms with Crippen LogP contribution in [0.15, 0.2) is 0 Å². The third-order valence-corrected chi connectivity index (χ3v) is 5.39. The predicted octanol–water partition coefficient (Wildman–Crippen LogP) is 3.75. The molecule has 4 bridgehead atoms. The first kappa shape index (κ1) is 9.70. The molecule has 4 aliphatic carbocycles. The molecule has 1 heteroatoms. The zero-order valence-electron chi connectivity index (χ0n) is 9.71. The van der Waals surface area contributed by atoms with Crippen LogP contribution in [0.2, 0.25) is 0 Å². The van der Waals surface area contributed by atoms with Crippen molar-refractivity contribution in [3.8, 4) is 6.07 Å². The summed E-state index contributed by atoms with van der Waals surface area (Å²) in [6, 6.07) is 2.61. The van der Waals surface area contributed by atoms with Crippen LogP contribution in [-0.2, 0) is 0 Å². The highest BCUT2D eigenvalue weighted by Crippen LogP contribution is 2.63. The first-order chi connectivity index (χ1) is 7.25. The molecule has 82 valence electrons. The average molecular weight is 203 g/mol. The molecule has 0 spiro atoms. The molecule has 4 saturated carbocycles. The second-order valence-corrected chi connectivity index (χ2v) is 6.37. The number of hydrogen-bond donors (Lipinski definition) is 0. The second kappa shape index (κ2) is 3.24. The Morgan fingerprint density at radius 2 is 1.60 bits per heavy atom. The van der Waals surface area contributed by atoms with Gasteiger partial charge in [-0.25, -0.2) is 0 Å². The molecule has 0 heterocycles. The summed E-state index contributed by atoms with van der Waals surface area (Å²) in [5.74, 6) is 3.31. The van der Waals surface area contributed by atoms with Gasteiger partial charge < -0.3 is 0 Å². The summed E-state index contributed by atoms with van der Waals surface area (Å²) in [7, 11) is 0. The Hall–Kier alpha value is -0.510. The number of nitriles is 1. The van der Waals surface area contributed by atoms with Gasteiger partial charge in [0.05, 0.1) is 12.0 Å². The van der Waals surface area contributed by atoms with E-state index in [0.29, 0.717) is 11.3 Å². The number of rotatable bonds is 2. The molecule has 0 unspecified atom stereocenters. The fourth-order valence-corrected chi connectivity index (χ4v) is 5.27. The molecular weight excluding hydrogens is 182 g/mol. The Morgan fingerprint density at radius 1 is 1.13 bits per heavy atom. The minimum absolute atomic E-state index is 0.353. The van der Waals surface area contributed by atoms with Crippen LogP contribution in [0.1, 0.15) is 51.9 Å². The molecule has 4 fully saturated rings. The van der Waals surface area contributed by atoms with E-state index in [1.165, 1.54) is 38.5 Å². The van der Waals surface area contributed by atoms with E-state index in [4.69, 9.17) is 0 Å². The highest BCUT2D eigenvalue weighted by molar-refractivity contribution is 5.08. The Morgan fingerprint density at radius 3 is 1.93 bits per heavy atom. The molecular formula is C14H21N. The van der Waals surface area contributed by atoms with Gasteiger partial charge >= 0.3 is 0 Å². The van der Waals surface area contributed by atoms with Gasteiger partial charge in [0.25, 0.3) is 0 Å². The minimum Gasteiger partial charge on any atom is -0.198 e. The monoisotopic (exact) mass is 203 g/mol. The van der Waals surface area contributed by atoms with Gasteiger partial charge in [-0.1, -0.05) is 6.92 Å². The van der Waals surface area contributed by atoms with Crippen LogP contribution in [0.5, 0.6) is 0 Å². The maximum atomic E-state index is 9.34. The maximum absolute atomic E-state index is 9.34. The van der Waals surface area contributed by atoms with E-state index in [9.17, 15) is 5.26 Å². The molecule has 0 N–H and O–H groups in total. The van der Waals surface area contributed by atoms with Crippen LogP contribution in [0.4, 0.5) is 0 Å². The third kappa shape index (κ3) is 1.34. The lowest BCUT2D eigenvalue weighted by Crippen LogP contribution is -2.49. The van der Waals surface area contributed by atoms with E-state index in [0.717, 1.165) is 24.2 Å². The van der Waals surface area contributed by atoms with Crippen molar-refractivity contribution in [1.29, 1.82) is 5.26 Å². The molecule has 1 atom stereocenters. The Kier molecular flexibility index (Phi) is 2.09. The average Bonchev–Trinajstić information content (AvgIpc) is 2.16. The quantitative estimate of drug-likeness (QED) is 0.670. The SMILES string of the molecule is CC[C@@H](C#N)C12CC3CC(CC(C3)C1)C2. The summed E-state index contributed by atoms with van der Waals surface area (Å²) in [5, 5.41) is 9.34. The van der Waals surface area contributed by atoms with Gasteiger partial charge in [0, 0.05) is 0 Å². The van der Waals surface area contributed by atoms with Crippen LogP contribution in [-0.4, -0.2) is 0 Å². The lowest BCUT2D eigenvalue weighted by atomic mass is 9.46. The Labute approximate surface area is 92.9 Å². The Bertz CT molecular complexity index is 264. The van der Waals surface area contributed by atoms with Crippen LogP contribution < -0.4 is 0 Å². The first-order valence-corrected chi connectivity index (χ1v) is 6.65. The number of nitrogens with zero attached hydrogens (tertiary/aromatic N) is 1. The first-order valence-electron chi connectivity index (χ1n) is 6.65. The van der Waals surface area contributed by atoms with Gasteiger partial charge in [-0.2, -0.15) is 5.26 Å². The van der Waals surface area contributed by atoms with Gasteiger partial charge in [0.1, 0.15) is 0 Å². The molecule has 0 aromatic rings. The van der Waals surface area contributed by atoms with Crippen molar-refractivity contribution in [2.45, 2.75) is 51.9 Å². The summed E-state index contributed by atoms with van der Waals surface area (Å²) in [5.41, 5.74) is 0.457. The molecule has 0 aromatic carbocycles. The van der Waals surface area contributed by atoms with Gasteiger partial charge in [-0.3, -0.25) is 0 Å². The summed E-state index contributed by atoms with van der Waals surface area (Å²) in [6.07, 6.45) is 9.67. The van der Waals surface area contributed by atoms with Crippen molar-refractivity contribution in [3.63, 3.8) is 0 Å². The normalized spacial score (nSPS) is 48.9. The van der Waals surface area contributed by atoms with Crippen molar-refractivity contribution in [3.05, 3.63) is 0 Å². The Balaban J connectivity index is 1.90. The van der Waals surface area contributed by atoms with E-state index in [-0.39, 0.29) is 0 Å². The molecule has 0 radical (unpaired) electrons. The van der Waals surface area contributed by atoms with E-state index >= 15 is 0 Å². The van der Waals surface area contributed by atoms with Crippen molar-refractivity contribution < 1.29 is 0 Å². The van der Waals surface area contributed by atoms with E-state index in [1.807, 2.05) is 0 Å². The maximum Gasteiger partial charge on any atom is 0.0661 e. The van der Waals surface area contributed by atoms with Gasteiger partial charge in [0.15, 0.2) is 0 Å². The van der Waals surface area contributed by atoms with Gasteiger partial charge in [0.2, 0.25) is 0 Å². The van der Waals surface area contributed by atoms with Gasteiger partial charge in [-0.15, -0.1) is 0 Å². The van der Waals surface area contributed by atoms with E-state index in [2.05, 4.69) is 13.0 Å². The van der Waals surface area contributed by atoms with Crippen LogP contribution >= 0.6 is 0 Å². The highest BCUT2D eigenvalue weighted by Gasteiger charge is 2.53. The third-order valence-electron chi connectivity index (χ3n) is 5.39. The molecule has 4 aliphatic rings. The summed E-state index contributed by atoms with van der Waals surface area (Å²) in [4.78, 5) is 0. The van der Waals surface area contributed by atoms with E-state index < -0.39 is 0 Å². The van der Waals surface area contributed by atoms with Crippen LogP contribution in [0.25, 0.3) is 0 Å². The van der Waals surface area contributed by atoms with Crippen molar-refractivity contribution in [1.82, 2.24) is 0 Å². The van der Waals surface area contributed by atoms with Crippen LogP contribution in [0, 0.1) is 40.4 Å². The van der Waals surface area contributed by atoms with Crippen molar-refractivity contribution >= 4 is 0 Å². The molecule has 1 nitrogen and oxygen atoms in total. The minimum atomic E-state index is 0.353. The summed E-state index contributed by atoms with van der Waals surface area (Å²) in [6.45, 7) is 2.20. The molecule has 0 aliphatic heterocycles. The van der Waals surface area contributed by atoms with Crippen LogP contribution in [0.3, 0.4) is 0 Å². The molecule has 0 aromatic heterocycles. The van der Waals surface area contributed by atoms with Crippen molar-refractivity contribution in [2.24, 2.45) is 29.1 Å². The predicted molar refractivity (Wildman–Crippen MR) is 60.0 cm³/mol. The largest absolute Gasteiger partial charge is 0.198 e. The van der Waals surface area contributed by atoms with E-state index in [1.54, 1.807) is 0 Å². The summed E-state index contributed by atoms with van der Waals surface area (Å²) < 4.78 is 0. The lowest BCUT2D eigenvalue weighted by Gasteiger charge is -2.58. The fraction of sp³-hybridized carbons (Fsp3) is 0.929. The molecule has 15 heavy (non-hydrogen) atoms. The highest BCUT2D eigenvalue weighted by atomic mass is 14.6. The fourth-order valence-electron chi connectivity index (χ4n) is 5.27. The molecule has 0 amide bonds. The zero-order chi connectivity index (χ0) is 10.5. The standard InChI is InChI=1S/C14H21N/c1-2-13(9-15)14-6-10-3-11(7-14)5-12(4-10)8-14/h10-13H,2-8H2,1H3/t10?,11?,12?,13-,14?/m0/s1. The summed E-state index contributed by atoms with van der Waals surface area (Å²) >= 11 is 0. The molecule has 4 rings (SSSR count). The van der Waals surface area contributed by atoms with Gasteiger partial charge in [-0.05, 0) is 68.1 Å². The smallest absolute Gasteiger partial charge is 0.0661 e. The second-order valence-electron chi connectivity index (χ2n) is 6.37. The lowest BCUT2D eigenvalue weighted by molar-refractivity contribution is -0.0752. The number of hydrogen-bond acceptors (Lipinski definition) is 1. The van der Waals surface area contributed by atoms with Crippen molar-refractivity contribution in [2.75, 3.05) is 0 Å².